The van der Waals surface area contributed by atoms with Crippen molar-refractivity contribution in [2.24, 2.45) is 0 Å². The summed E-state index contributed by atoms with van der Waals surface area (Å²) in [6.45, 7) is 1.42. The quantitative estimate of drug-likeness (QED) is 0.290. The Morgan fingerprint density at radius 2 is 1.33 bits per heavy atom. The van der Waals surface area contributed by atoms with Gasteiger partial charge in [-0.3, -0.25) is 0 Å². The van der Waals surface area contributed by atoms with E-state index in [1.165, 1.54) is 0 Å². The molecule has 0 unspecified atom stereocenters. The monoisotopic (exact) mass is 202 g/mol. The zero-order valence-electron chi connectivity index (χ0n) is 5.97. The van der Waals surface area contributed by atoms with Crippen molar-refractivity contribution in [2.75, 3.05) is 26.3 Å². The van der Waals surface area contributed by atoms with E-state index >= 15 is 0 Å². The van der Waals surface area contributed by atoms with E-state index in [0.717, 1.165) is 0 Å². The van der Waals surface area contributed by atoms with Gasteiger partial charge in [-0.15, -0.1) is 9.79 Å². The smallest absolute Gasteiger partial charge is 0.395 e. The van der Waals surface area contributed by atoms with Crippen LogP contribution in [-0.4, -0.2) is 46.3 Å². The number of rotatable bonds is 4. The van der Waals surface area contributed by atoms with Crippen LogP contribution in [0, 0.1) is 0 Å². The standard InChI is InChI=1S/C4H11NO2.CH4.HO3P/c6-3-1-5-2-4-7;;1-4(2)3/h5-7H,1-4H2;1H4;(H-,1,2,3)/p+1. The molecule has 5 N–H and O–H groups in total. The van der Waals surface area contributed by atoms with Crippen LogP contribution >= 0.6 is 8.25 Å². The first kappa shape index (κ1) is 17.8. The van der Waals surface area contributed by atoms with E-state index in [9.17, 15) is 0 Å². The Hall–Kier alpha value is -0.100. The molecule has 12 heavy (non-hydrogen) atoms. The van der Waals surface area contributed by atoms with E-state index < -0.39 is 8.25 Å². The van der Waals surface area contributed by atoms with Gasteiger partial charge in [0.1, 0.15) is 0 Å². The van der Waals surface area contributed by atoms with Crippen LogP contribution in [0.5, 0.6) is 0 Å². The Labute approximate surface area is 72.8 Å². The number of hydrogen-bond acceptors (Lipinski definition) is 4. The van der Waals surface area contributed by atoms with Gasteiger partial charge in [0.25, 0.3) is 0 Å². The molecule has 0 saturated carbocycles. The number of hydrogen-bond donors (Lipinski definition) is 5. The highest BCUT2D eigenvalue weighted by molar-refractivity contribution is 7.30. The van der Waals surface area contributed by atoms with E-state index in [1.54, 1.807) is 0 Å². The van der Waals surface area contributed by atoms with Gasteiger partial charge >= 0.3 is 8.25 Å². The molecule has 0 radical (unpaired) electrons. The van der Waals surface area contributed by atoms with Crippen molar-refractivity contribution < 1.29 is 24.6 Å². The molecule has 0 aromatic heterocycles. The maximum Gasteiger partial charge on any atom is 0.692 e. The minimum absolute atomic E-state index is 0. The summed E-state index contributed by atoms with van der Waals surface area (Å²) in [6, 6.07) is 0. The van der Waals surface area contributed by atoms with Gasteiger partial charge in [-0.05, 0) is 0 Å². The first-order chi connectivity index (χ1) is 5.15. The summed E-state index contributed by atoms with van der Waals surface area (Å²) in [6.07, 6.45) is 0. The van der Waals surface area contributed by atoms with Crippen LogP contribution in [0.2, 0.25) is 0 Å². The van der Waals surface area contributed by atoms with Crippen LogP contribution in [0.3, 0.4) is 0 Å². The molecule has 0 atom stereocenters. The van der Waals surface area contributed by atoms with Gasteiger partial charge in [-0.25, -0.2) is 0 Å². The van der Waals surface area contributed by atoms with E-state index in [2.05, 4.69) is 5.32 Å². The van der Waals surface area contributed by atoms with Crippen LogP contribution in [0.25, 0.3) is 0 Å². The average molecular weight is 202 g/mol. The molecule has 0 amide bonds. The van der Waals surface area contributed by atoms with E-state index in [1.807, 2.05) is 0 Å². The maximum absolute atomic E-state index is 8.70. The summed E-state index contributed by atoms with van der Waals surface area (Å²) in [5.41, 5.74) is 0. The molecule has 0 heterocycles. The lowest BCUT2D eigenvalue weighted by molar-refractivity contribution is 0.266. The fraction of sp³-hybridized carbons (Fsp3) is 1.00. The van der Waals surface area contributed by atoms with Crippen molar-refractivity contribution in [1.29, 1.82) is 0 Å². The predicted octanol–water partition coefficient (Wildman–Crippen LogP) is -1.17. The van der Waals surface area contributed by atoms with Gasteiger partial charge in [0.05, 0.1) is 13.2 Å². The first-order valence-electron chi connectivity index (χ1n) is 2.92. The second-order valence-corrected chi connectivity index (χ2v) is 1.96. The summed E-state index contributed by atoms with van der Waals surface area (Å²) < 4.78 is 8.70. The van der Waals surface area contributed by atoms with E-state index in [4.69, 9.17) is 24.6 Å². The highest BCUT2D eigenvalue weighted by atomic mass is 31.1. The molecular formula is C5H17NO5P+. The maximum atomic E-state index is 8.70. The second-order valence-electron chi connectivity index (χ2n) is 1.45. The van der Waals surface area contributed by atoms with Gasteiger partial charge in [-0.1, -0.05) is 7.43 Å². The summed E-state index contributed by atoms with van der Waals surface area (Å²) in [7, 11) is -2.87. The highest BCUT2D eigenvalue weighted by Gasteiger charge is 1.93. The normalized spacial score (nSPS) is 7.67. The Morgan fingerprint density at radius 1 is 1.08 bits per heavy atom. The Morgan fingerprint density at radius 3 is 1.50 bits per heavy atom. The fourth-order valence-electron chi connectivity index (χ4n) is 0.283. The molecule has 0 aliphatic rings. The molecule has 0 bridgehead atoms. The van der Waals surface area contributed by atoms with Crippen LogP contribution in [-0.2, 0) is 4.57 Å². The summed E-state index contributed by atoms with van der Waals surface area (Å²) >= 11 is 0. The molecule has 0 fully saturated rings. The van der Waals surface area contributed by atoms with Crippen molar-refractivity contribution in [1.82, 2.24) is 5.32 Å². The zero-order valence-corrected chi connectivity index (χ0v) is 6.87. The van der Waals surface area contributed by atoms with Gasteiger partial charge in [0, 0.05) is 17.7 Å². The summed E-state index contributed by atoms with van der Waals surface area (Å²) in [5, 5.41) is 19.1. The lowest BCUT2D eigenvalue weighted by Crippen LogP contribution is -2.21. The zero-order chi connectivity index (χ0) is 9.11. The minimum Gasteiger partial charge on any atom is -0.395 e. The number of aliphatic hydroxyl groups excluding tert-OH is 2. The third-order valence-electron chi connectivity index (χ3n) is 0.577. The molecule has 7 heteroatoms. The molecule has 6 nitrogen and oxygen atoms in total. The number of aliphatic hydroxyl groups is 2. The van der Waals surface area contributed by atoms with E-state index in [0.29, 0.717) is 13.1 Å². The van der Waals surface area contributed by atoms with Crippen LogP contribution in [0.1, 0.15) is 7.43 Å². The van der Waals surface area contributed by atoms with Gasteiger partial charge in [0.15, 0.2) is 0 Å². The second kappa shape index (κ2) is 17.1. The van der Waals surface area contributed by atoms with Crippen LogP contribution in [0.4, 0.5) is 0 Å². The molecule has 0 aliphatic heterocycles. The highest BCUT2D eigenvalue weighted by Crippen LogP contribution is 1.98. The van der Waals surface area contributed by atoms with Gasteiger partial charge < -0.3 is 15.5 Å². The topological polar surface area (TPSA) is 110 Å². The lowest BCUT2D eigenvalue weighted by Gasteiger charge is -1.94. The fourth-order valence-corrected chi connectivity index (χ4v) is 0.283. The molecule has 0 aromatic carbocycles. The third-order valence-corrected chi connectivity index (χ3v) is 0.577. The number of nitrogens with one attached hydrogen (secondary N) is 1. The van der Waals surface area contributed by atoms with Crippen LogP contribution in [0.15, 0.2) is 0 Å². The first-order valence-corrected chi connectivity index (χ1v) is 4.09. The Balaban J connectivity index is -0.000000142. The van der Waals surface area contributed by atoms with Crippen molar-refractivity contribution in [3.63, 3.8) is 0 Å². The van der Waals surface area contributed by atoms with Crippen molar-refractivity contribution in [3.8, 4) is 0 Å². The Kier molecular flexibility index (Phi) is 25.5. The molecule has 76 valence electrons. The van der Waals surface area contributed by atoms with Crippen LogP contribution < -0.4 is 5.32 Å². The predicted molar refractivity (Wildman–Crippen MR) is 45.8 cm³/mol. The SMILES string of the molecule is C.O=[P+](O)O.OCCNCCO. The Bertz CT molecular complexity index is 83.9. The van der Waals surface area contributed by atoms with Crippen molar-refractivity contribution >= 4 is 8.25 Å². The molecule has 0 saturated heterocycles. The average Bonchev–Trinajstić information content (AvgIpc) is 1.88. The summed E-state index contributed by atoms with van der Waals surface area (Å²) in [4.78, 5) is 14.2. The largest absolute Gasteiger partial charge is 0.692 e. The third kappa shape index (κ3) is 51.6. The molecule has 0 aromatic rings. The minimum atomic E-state index is -2.87. The van der Waals surface area contributed by atoms with Crippen molar-refractivity contribution in [3.05, 3.63) is 0 Å². The molecule has 0 rings (SSSR count). The molecule has 0 aliphatic carbocycles. The van der Waals surface area contributed by atoms with Crippen molar-refractivity contribution in [2.45, 2.75) is 7.43 Å². The lowest BCUT2D eigenvalue weighted by atomic mass is 10.6. The molecular weight excluding hydrogens is 185 g/mol. The van der Waals surface area contributed by atoms with Gasteiger partial charge in [0.2, 0.25) is 0 Å². The van der Waals surface area contributed by atoms with Gasteiger partial charge in [-0.2, -0.15) is 0 Å². The molecule has 0 spiro atoms. The summed E-state index contributed by atoms with van der Waals surface area (Å²) in [5.74, 6) is 0. The van der Waals surface area contributed by atoms with E-state index in [-0.39, 0.29) is 20.6 Å².